The van der Waals surface area contributed by atoms with Crippen molar-refractivity contribution in [2.75, 3.05) is 55.3 Å². The number of carbonyl (C=O) groups is 7. The van der Waals surface area contributed by atoms with E-state index in [9.17, 15) is 33.6 Å². The van der Waals surface area contributed by atoms with Crippen molar-refractivity contribution in [3.8, 4) is 11.8 Å². The maximum Gasteiger partial charge on any atom is 0.410 e. The van der Waals surface area contributed by atoms with Crippen molar-refractivity contribution in [2.45, 2.75) is 90.4 Å². The number of imide groups is 1. The van der Waals surface area contributed by atoms with E-state index in [4.69, 9.17) is 20.2 Å². The van der Waals surface area contributed by atoms with E-state index in [2.05, 4.69) is 51.4 Å². The zero-order chi connectivity index (χ0) is 53.3. The largest absolute Gasteiger partial charge is 0.445 e. The fourth-order valence-electron chi connectivity index (χ4n) is 9.55. The van der Waals surface area contributed by atoms with Crippen LogP contribution in [0.25, 0.3) is 21.9 Å². The standard InChI is InChI=1S/C51H61FN14O9/c1-28(2)43(60-39(67)10-6-5-7-19-66-40(68)15-16-41(66)69)48(71)59-36(9-8-18-55-49(53)72)47(70)58-33-13-11-30(12-14-33)27-74-51(73)65-20-17-31-25-64(26-38(31)65)46-42-35-21-32(52)22-37(54-4)44(35)61-45(42)62-50(63-46)75-34-23-56-29(3)57-24-34/h11-16,21-24,28,31,36,38,43,54H,5-10,17-20,25-27H2,1-4H3,(H,58,70)(H,59,71)(H,60,67)(H3,53,55,72)(H,61,62,63). The number of carbonyl (C=O) groups excluding carboxylic acids is 7. The van der Waals surface area contributed by atoms with Crippen LogP contribution in [0.4, 0.5) is 31.2 Å². The first kappa shape index (κ1) is 52.9. The Balaban J connectivity index is 0.864. The van der Waals surface area contributed by atoms with Crippen LogP contribution >= 0.6 is 0 Å². The summed E-state index contributed by atoms with van der Waals surface area (Å²) >= 11 is 0. The molecule has 2 saturated heterocycles. The number of unbranched alkanes of at least 4 members (excludes halogenated alkanes) is 2. The van der Waals surface area contributed by atoms with Gasteiger partial charge in [0.2, 0.25) is 17.7 Å². The lowest BCUT2D eigenvalue weighted by Gasteiger charge is -2.25. The highest BCUT2D eigenvalue weighted by Crippen LogP contribution is 2.41. The van der Waals surface area contributed by atoms with Gasteiger partial charge in [0, 0.05) is 75.3 Å². The first-order chi connectivity index (χ1) is 36.0. The number of hydrogen-bond acceptors (Lipinski definition) is 15. The quantitative estimate of drug-likeness (QED) is 0.0370. The number of halogens is 1. The molecular formula is C51H61FN14O9. The number of fused-ring (bicyclic) bond motifs is 4. The Morgan fingerprint density at radius 2 is 1.68 bits per heavy atom. The number of rotatable bonds is 22. The zero-order valence-corrected chi connectivity index (χ0v) is 42.1. The van der Waals surface area contributed by atoms with E-state index >= 15 is 4.39 Å². The number of amides is 8. The average Bonchev–Trinajstić information content (AvgIpc) is 4.18. The van der Waals surface area contributed by atoms with E-state index in [-0.39, 0.29) is 74.1 Å². The summed E-state index contributed by atoms with van der Waals surface area (Å²) in [5.41, 5.74) is 7.91. The number of ether oxygens (including phenoxy) is 2. The number of aromatic nitrogens is 5. The van der Waals surface area contributed by atoms with Crippen LogP contribution in [0.2, 0.25) is 0 Å². The van der Waals surface area contributed by atoms with Crippen molar-refractivity contribution in [3.05, 3.63) is 78.1 Å². The molecule has 3 aliphatic rings. The Labute approximate surface area is 430 Å². The predicted molar refractivity (Wildman–Crippen MR) is 274 cm³/mol. The second-order valence-corrected chi connectivity index (χ2v) is 19.1. The van der Waals surface area contributed by atoms with E-state index in [1.54, 1.807) is 57.0 Å². The van der Waals surface area contributed by atoms with E-state index in [1.807, 2.05) is 0 Å². The highest BCUT2D eigenvalue weighted by atomic mass is 19.1. The number of nitrogens with two attached hydrogens (primary N) is 1. The number of likely N-dealkylation sites (tertiary alicyclic amines) is 1. The fraction of sp³-hybridized carbons (Fsp3) is 0.431. The highest BCUT2D eigenvalue weighted by molar-refractivity contribution is 6.15. The number of benzene rings is 2. The van der Waals surface area contributed by atoms with E-state index in [0.29, 0.717) is 102 Å². The molecule has 4 unspecified atom stereocenters. The summed E-state index contributed by atoms with van der Waals surface area (Å²) in [7, 11) is 1.71. The van der Waals surface area contributed by atoms with Crippen molar-refractivity contribution in [1.29, 1.82) is 0 Å². The lowest BCUT2D eigenvalue weighted by molar-refractivity contribution is -0.137. The van der Waals surface area contributed by atoms with Gasteiger partial charge in [-0.15, -0.1) is 0 Å². The van der Waals surface area contributed by atoms with Crippen molar-refractivity contribution >= 4 is 80.8 Å². The summed E-state index contributed by atoms with van der Waals surface area (Å²) in [5.74, 6) is -1.46. The van der Waals surface area contributed by atoms with Gasteiger partial charge in [-0.2, -0.15) is 9.97 Å². The van der Waals surface area contributed by atoms with Crippen LogP contribution in [-0.2, 0) is 35.3 Å². The van der Waals surface area contributed by atoms with Crippen LogP contribution < -0.4 is 42.0 Å². The van der Waals surface area contributed by atoms with Gasteiger partial charge in [-0.25, -0.2) is 23.9 Å². The smallest absolute Gasteiger partial charge is 0.410 e. The SMILES string of the molecule is CNc1cc(F)cc2c1[nH]c1nc(Oc3cnc(C)nc3)nc(N3CC4CCN(C(=O)OCc5ccc(NC(=O)C(CCCNC(N)=O)NC(=O)C(NC(=O)CCCCCN6C(=O)C=CC6=O)C(C)C)cc5)C4C3)c12. The predicted octanol–water partition coefficient (Wildman–Crippen LogP) is 4.53. The lowest BCUT2D eigenvalue weighted by atomic mass is 10.0. The number of H-pyrrole nitrogens is 1. The molecule has 3 aliphatic heterocycles. The second-order valence-electron chi connectivity index (χ2n) is 19.1. The van der Waals surface area contributed by atoms with Gasteiger partial charge in [-0.1, -0.05) is 32.4 Å². The molecule has 24 heteroatoms. The Kier molecular flexibility index (Phi) is 16.6. The molecule has 8 N–H and O–H groups in total. The zero-order valence-electron chi connectivity index (χ0n) is 42.1. The third-order valence-electron chi connectivity index (χ3n) is 13.4. The Bertz CT molecular complexity index is 2970. The molecule has 3 aromatic heterocycles. The van der Waals surface area contributed by atoms with Gasteiger partial charge >= 0.3 is 18.1 Å². The van der Waals surface area contributed by atoms with Crippen LogP contribution in [0.5, 0.6) is 11.8 Å². The third kappa shape index (κ3) is 12.9. The highest BCUT2D eigenvalue weighted by Gasteiger charge is 2.45. The number of aryl methyl sites for hydroxylation is 1. The van der Waals surface area contributed by atoms with E-state index < -0.39 is 41.8 Å². The molecule has 2 fully saturated rings. The third-order valence-corrected chi connectivity index (χ3v) is 13.4. The minimum Gasteiger partial charge on any atom is -0.445 e. The fourth-order valence-corrected chi connectivity index (χ4v) is 9.55. The van der Waals surface area contributed by atoms with Crippen molar-refractivity contribution in [2.24, 2.45) is 17.6 Å². The Morgan fingerprint density at radius 3 is 2.39 bits per heavy atom. The summed E-state index contributed by atoms with van der Waals surface area (Å²) < 4.78 is 26.9. The molecule has 0 saturated carbocycles. The number of anilines is 3. The minimum atomic E-state index is -1.06. The molecule has 23 nitrogen and oxygen atoms in total. The maximum absolute atomic E-state index is 15.0. The molecule has 0 aliphatic carbocycles. The number of urea groups is 1. The van der Waals surface area contributed by atoms with E-state index in [0.717, 1.165) is 11.3 Å². The van der Waals surface area contributed by atoms with Crippen LogP contribution in [0.1, 0.15) is 70.2 Å². The maximum atomic E-state index is 15.0. The molecule has 6 heterocycles. The van der Waals surface area contributed by atoms with Crippen molar-refractivity contribution < 1.29 is 47.4 Å². The molecule has 75 heavy (non-hydrogen) atoms. The number of primary amides is 1. The molecule has 396 valence electrons. The average molecular weight is 1030 g/mol. The van der Waals surface area contributed by atoms with Crippen molar-refractivity contribution in [3.63, 3.8) is 0 Å². The van der Waals surface area contributed by atoms with E-state index in [1.165, 1.54) is 36.7 Å². The molecular weight excluding hydrogens is 972 g/mol. The van der Waals surface area contributed by atoms with Gasteiger partial charge in [0.1, 0.15) is 41.8 Å². The van der Waals surface area contributed by atoms with Gasteiger partial charge in [-0.3, -0.25) is 28.9 Å². The topological polar surface area (TPSA) is 301 Å². The molecule has 0 radical (unpaired) electrons. The summed E-state index contributed by atoms with van der Waals surface area (Å²) in [6, 6.07) is 6.61. The number of nitrogens with zero attached hydrogens (tertiary/aromatic N) is 7. The van der Waals surface area contributed by atoms with Gasteiger partial charge in [0.05, 0.1) is 35.0 Å². The molecule has 5 aromatic rings. The molecule has 0 bridgehead atoms. The number of nitrogens with one attached hydrogen (secondary N) is 6. The van der Waals surface area contributed by atoms with Crippen LogP contribution in [0, 0.1) is 24.6 Å². The summed E-state index contributed by atoms with van der Waals surface area (Å²) in [6.45, 7) is 7.10. The van der Waals surface area contributed by atoms with Crippen LogP contribution in [-0.4, -0.2) is 134 Å². The molecule has 0 spiro atoms. The summed E-state index contributed by atoms with van der Waals surface area (Å²) in [4.78, 5) is 115. The van der Waals surface area contributed by atoms with Crippen LogP contribution in [0.3, 0.4) is 0 Å². The number of hydrogen-bond donors (Lipinski definition) is 7. The van der Waals surface area contributed by atoms with Gasteiger partial charge < -0.3 is 56.6 Å². The molecule has 2 aromatic carbocycles. The molecule has 8 amide bonds. The summed E-state index contributed by atoms with van der Waals surface area (Å²) in [6.07, 6.45) is 7.83. The van der Waals surface area contributed by atoms with Gasteiger partial charge in [-0.05, 0) is 74.8 Å². The second kappa shape index (κ2) is 23.6. The van der Waals surface area contributed by atoms with Crippen molar-refractivity contribution in [1.82, 2.24) is 50.7 Å². The molecule has 4 atom stereocenters. The lowest BCUT2D eigenvalue weighted by Crippen LogP contribution is -2.54. The number of aromatic amines is 1. The normalized spacial score (nSPS) is 16.9. The summed E-state index contributed by atoms with van der Waals surface area (Å²) in [5, 5.41) is 15.1. The Hall–Kier alpha value is -8.44. The Morgan fingerprint density at radius 1 is 0.933 bits per heavy atom. The minimum absolute atomic E-state index is 0.0367. The van der Waals surface area contributed by atoms with Crippen LogP contribution in [0.15, 0.2) is 60.9 Å². The monoisotopic (exact) mass is 1030 g/mol. The molecule has 8 rings (SSSR count). The van der Waals surface area contributed by atoms with Gasteiger partial charge in [0.25, 0.3) is 11.8 Å². The first-order valence-electron chi connectivity index (χ1n) is 25.0. The van der Waals surface area contributed by atoms with Gasteiger partial charge in [0.15, 0.2) is 5.75 Å². The first-order valence-corrected chi connectivity index (χ1v) is 25.0.